The zero-order valence-electron chi connectivity index (χ0n) is 20.3. The average molecular weight is 528 g/mol. The van der Waals surface area contributed by atoms with E-state index in [4.69, 9.17) is 6.42 Å². The minimum Gasteiger partial charge on any atom is -0.322 e. The maximum Gasteiger partial charge on any atom is 0.442 e. The first-order valence-corrected chi connectivity index (χ1v) is 11.5. The molecule has 0 unspecified atom stereocenters. The van der Waals surface area contributed by atoms with Gasteiger partial charge in [0.2, 0.25) is 0 Å². The summed E-state index contributed by atoms with van der Waals surface area (Å²) in [5, 5.41) is 16.3. The van der Waals surface area contributed by atoms with Crippen LogP contribution in [0.15, 0.2) is 89.1 Å². The summed E-state index contributed by atoms with van der Waals surface area (Å²) in [5.41, 5.74) is 0.313. The molecule has 1 aliphatic rings. The predicted octanol–water partition coefficient (Wildman–Crippen LogP) is 5.75. The highest BCUT2D eigenvalue weighted by Gasteiger charge is 2.65. The van der Waals surface area contributed by atoms with Gasteiger partial charge in [-0.1, -0.05) is 36.3 Å². The minimum absolute atomic E-state index is 0.150. The summed E-state index contributed by atoms with van der Waals surface area (Å²) in [4.78, 5) is 25.2. The molecule has 0 fully saturated rings. The van der Waals surface area contributed by atoms with Crippen molar-refractivity contribution in [1.29, 1.82) is 0 Å². The molecule has 2 heterocycles. The van der Waals surface area contributed by atoms with Gasteiger partial charge in [-0.15, -0.1) is 16.7 Å². The van der Waals surface area contributed by atoms with Crippen molar-refractivity contribution in [3.05, 3.63) is 101 Å². The fourth-order valence-corrected chi connectivity index (χ4v) is 3.89. The zero-order chi connectivity index (χ0) is 27.8. The van der Waals surface area contributed by atoms with Crippen LogP contribution >= 0.6 is 0 Å². The third kappa shape index (κ3) is 5.00. The van der Waals surface area contributed by atoms with Crippen LogP contribution in [0.3, 0.4) is 0 Å². The van der Waals surface area contributed by atoms with Gasteiger partial charge >= 0.3 is 11.8 Å². The van der Waals surface area contributed by atoms with Gasteiger partial charge in [0.25, 0.3) is 11.8 Å². The Morgan fingerprint density at radius 1 is 0.897 bits per heavy atom. The van der Waals surface area contributed by atoms with Crippen LogP contribution in [0.5, 0.6) is 0 Å². The van der Waals surface area contributed by atoms with Gasteiger partial charge in [0.1, 0.15) is 5.82 Å². The number of benzene rings is 3. The Hall–Kier alpha value is -5.24. The van der Waals surface area contributed by atoms with E-state index in [1.54, 1.807) is 61.6 Å². The molecule has 39 heavy (non-hydrogen) atoms. The van der Waals surface area contributed by atoms with Crippen molar-refractivity contribution in [2.45, 2.75) is 11.8 Å². The number of alkyl halides is 3. The van der Waals surface area contributed by atoms with Crippen molar-refractivity contribution in [3.63, 3.8) is 0 Å². The third-order valence-corrected chi connectivity index (χ3v) is 6.10. The lowest BCUT2D eigenvalue weighted by Crippen LogP contribution is -2.30. The zero-order valence-corrected chi connectivity index (χ0v) is 20.3. The van der Waals surface area contributed by atoms with E-state index in [0.29, 0.717) is 28.3 Å². The van der Waals surface area contributed by atoms with Crippen LogP contribution in [-0.2, 0) is 12.7 Å². The Balaban J connectivity index is 1.24. The molecule has 11 heteroatoms. The Kier molecular flexibility index (Phi) is 6.24. The minimum atomic E-state index is -4.63. The molecule has 5 rings (SSSR count). The van der Waals surface area contributed by atoms with E-state index >= 15 is 0 Å². The van der Waals surface area contributed by atoms with Crippen LogP contribution in [-0.4, -0.2) is 27.8 Å². The molecule has 1 aliphatic heterocycles. The standard InChI is InChI=1S/C28H19F3N6O2/c1-3-17-5-4-6-20(15-17)26(39)33-24-16-23(34-37(24)2)18-9-13-22(14-10-18)32-25(38)19-7-11-21(12-8-19)27(35-36-27)28(29,30)31/h1,4-16H,2H3,(H,32,38)(H,33,39). The molecule has 4 aromatic rings. The summed E-state index contributed by atoms with van der Waals surface area (Å²) in [5.74, 6) is 2.15. The second-order valence-electron chi connectivity index (χ2n) is 8.70. The molecule has 0 spiro atoms. The monoisotopic (exact) mass is 528 g/mol. The van der Waals surface area contributed by atoms with Gasteiger partial charge in [-0.05, 0) is 42.5 Å². The van der Waals surface area contributed by atoms with Crippen molar-refractivity contribution < 1.29 is 22.8 Å². The van der Waals surface area contributed by atoms with Gasteiger partial charge in [0.15, 0.2) is 0 Å². The summed E-state index contributed by atoms with van der Waals surface area (Å²) in [7, 11) is 1.69. The van der Waals surface area contributed by atoms with Crippen LogP contribution in [0.4, 0.5) is 24.7 Å². The van der Waals surface area contributed by atoms with E-state index in [0.717, 1.165) is 5.56 Å². The second-order valence-corrected chi connectivity index (χ2v) is 8.70. The molecule has 3 aromatic carbocycles. The quantitative estimate of drug-likeness (QED) is 0.312. The van der Waals surface area contributed by atoms with Crippen molar-refractivity contribution in [1.82, 2.24) is 9.78 Å². The molecular weight excluding hydrogens is 509 g/mol. The molecule has 2 amide bonds. The van der Waals surface area contributed by atoms with Crippen molar-refractivity contribution in [3.8, 4) is 23.6 Å². The first kappa shape index (κ1) is 25.4. The Bertz CT molecular complexity index is 1640. The molecule has 2 N–H and O–H groups in total. The summed E-state index contributed by atoms with van der Waals surface area (Å²) in [6.07, 6.45) is 0.773. The van der Waals surface area contributed by atoms with Gasteiger partial charge < -0.3 is 10.6 Å². The van der Waals surface area contributed by atoms with Crippen LogP contribution in [0.2, 0.25) is 0 Å². The molecule has 0 atom stereocenters. The third-order valence-electron chi connectivity index (χ3n) is 6.10. The first-order valence-electron chi connectivity index (χ1n) is 11.5. The fraction of sp³-hybridized carbons (Fsp3) is 0.107. The number of carbonyl (C=O) groups is 2. The topological polar surface area (TPSA) is 101 Å². The van der Waals surface area contributed by atoms with Gasteiger partial charge in [0.05, 0.1) is 5.69 Å². The van der Waals surface area contributed by atoms with E-state index in [1.165, 1.54) is 28.9 Å². The highest BCUT2D eigenvalue weighted by Crippen LogP contribution is 2.52. The number of hydrogen-bond acceptors (Lipinski definition) is 5. The largest absolute Gasteiger partial charge is 0.442 e. The predicted molar refractivity (Wildman–Crippen MR) is 138 cm³/mol. The van der Waals surface area contributed by atoms with Gasteiger partial charge in [-0.25, -0.2) is 0 Å². The molecule has 0 aliphatic carbocycles. The van der Waals surface area contributed by atoms with Crippen molar-refractivity contribution in [2.24, 2.45) is 17.3 Å². The number of hydrogen-bond donors (Lipinski definition) is 2. The SMILES string of the molecule is C#Cc1cccc(C(=O)Nc2cc(-c3ccc(NC(=O)c4ccc(C5(C(F)(F)F)N=N5)cc4)cc3)nn2C)c1. The number of aromatic nitrogens is 2. The molecule has 0 bridgehead atoms. The van der Waals surface area contributed by atoms with Gasteiger partial charge in [0, 0.05) is 46.6 Å². The first-order chi connectivity index (χ1) is 18.6. The van der Waals surface area contributed by atoms with Crippen LogP contribution < -0.4 is 10.6 Å². The number of anilines is 2. The summed E-state index contributed by atoms with van der Waals surface area (Å²) >= 11 is 0. The lowest BCUT2D eigenvalue weighted by atomic mass is 10.0. The highest BCUT2D eigenvalue weighted by molar-refractivity contribution is 6.05. The summed E-state index contributed by atoms with van der Waals surface area (Å²) in [6, 6.07) is 20.2. The normalized spacial score (nSPS) is 13.4. The number of halogens is 3. The Labute approximate surface area is 220 Å². The maximum absolute atomic E-state index is 13.2. The van der Waals surface area contributed by atoms with Crippen LogP contribution in [0.25, 0.3) is 11.3 Å². The number of rotatable bonds is 6. The molecule has 0 saturated heterocycles. The molecular formula is C28H19F3N6O2. The van der Waals surface area contributed by atoms with Crippen molar-refractivity contribution >= 4 is 23.3 Å². The number of aryl methyl sites for hydroxylation is 1. The number of nitrogens with zero attached hydrogens (tertiary/aromatic N) is 4. The number of nitrogens with one attached hydrogen (secondary N) is 2. The summed E-state index contributed by atoms with van der Waals surface area (Å²) < 4.78 is 41.0. The van der Waals surface area contributed by atoms with E-state index in [9.17, 15) is 22.8 Å². The van der Waals surface area contributed by atoms with E-state index in [-0.39, 0.29) is 17.0 Å². The smallest absolute Gasteiger partial charge is 0.322 e. The molecule has 0 radical (unpaired) electrons. The number of amides is 2. The fourth-order valence-electron chi connectivity index (χ4n) is 3.89. The Morgan fingerprint density at radius 2 is 1.56 bits per heavy atom. The second kappa shape index (κ2) is 9.57. The number of carbonyl (C=O) groups excluding carboxylic acids is 2. The van der Waals surface area contributed by atoms with Gasteiger partial charge in [-0.3, -0.25) is 14.3 Å². The highest BCUT2D eigenvalue weighted by atomic mass is 19.4. The molecule has 0 saturated carbocycles. The van der Waals surface area contributed by atoms with E-state index in [1.807, 2.05) is 0 Å². The van der Waals surface area contributed by atoms with E-state index in [2.05, 4.69) is 31.9 Å². The average Bonchev–Trinajstić information content (AvgIpc) is 3.68. The lowest BCUT2D eigenvalue weighted by molar-refractivity contribution is -0.166. The van der Waals surface area contributed by atoms with Crippen LogP contribution in [0.1, 0.15) is 31.8 Å². The number of terminal acetylenes is 1. The lowest BCUT2D eigenvalue weighted by Gasteiger charge is -2.15. The van der Waals surface area contributed by atoms with Crippen LogP contribution in [0, 0.1) is 12.3 Å². The molecule has 8 nitrogen and oxygen atoms in total. The van der Waals surface area contributed by atoms with Gasteiger partial charge in [-0.2, -0.15) is 18.3 Å². The maximum atomic E-state index is 13.2. The molecule has 1 aromatic heterocycles. The Morgan fingerprint density at radius 3 is 2.18 bits per heavy atom. The van der Waals surface area contributed by atoms with Crippen molar-refractivity contribution in [2.75, 3.05) is 10.6 Å². The molecule has 194 valence electrons. The van der Waals surface area contributed by atoms with E-state index < -0.39 is 17.7 Å². The summed E-state index contributed by atoms with van der Waals surface area (Å²) in [6.45, 7) is 0.